The van der Waals surface area contributed by atoms with E-state index in [4.69, 9.17) is 14.2 Å². The molecule has 3 amide bonds. The first-order chi connectivity index (χ1) is 20.2. The lowest BCUT2D eigenvalue weighted by molar-refractivity contribution is 0.0341. The highest BCUT2D eigenvalue weighted by molar-refractivity contribution is 6.02. The van der Waals surface area contributed by atoms with Crippen molar-refractivity contribution in [2.45, 2.75) is 32.5 Å². The fraction of sp³-hybridized carbons (Fsp3) is 0.375. The zero-order chi connectivity index (χ0) is 30.2. The molecule has 1 heterocycles. The summed E-state index contributed by atoms with van der Waals surface area (Å²) < 4.78 is 16.9. The first kappa shape index (κ1) is 30.7. The van der Waals surface area contributed by atoms with Crippen LogP contribution in [0.25, 0.3) is 0 Å². The molecule has 0 unspecified atom stereocenters. The minimum absolute atomic E-state index is 0.0116. The monoisotopic (exact) mass is 576 g/mol. The van der Waals surface area contributed by atoms with Gasteiger partial charge >= 0.3 is 6.03 Å². The van der Waals surface area contributed by atoms with Crippen LogP contribution in [0.15, 0.2) is 66.7 Å². The molecule has 3 aromatic carbocycles. The number of hydrogen-bond donors (Lipinski definition) is 3. The largest absolute Gasteiger partial charge is 0.497 e. The minimum atomic E-state index is -0.452. The zero-order valence-corrected chi connectivity index (χ0v) is 24.8. The van der Waals surface area contributed by atoms with E-state index >= 15 is 0 Å². The Morgan fingerprint density at radius 1 is 1.02 bits per heavy atom. The summed E-state index contributed by atoms with van der Waals surface area (Å²) >= 11 is 0. The molecule has 0 saturated heterocycles. The summed E-state index contributed by atoms with van der Waals surface area (Å²) in [7, 11) is 5.26. The first-order valence-electron chi connectivity index (χ1n) is 14.0. The van der Waals surface area contributed by atoms with Gasteiger partial charge in [-0.15, -0.1) is 0 Å². The van der Waals surface area contributed by atoms with Crippen molar-refractivity contribution in [1.82, 2.24) is 9.80 Å². The van der Waals surface area contributed by atoms with E-state index in [0.717, 1.165) is 11.3 Å². The van der Waals surface area contributed by atoms with Crippen molar-refractivity contribution >= 4 is 23.3 Å². The highest BCUT2D eigenvalue weighted by Gasteiger charge is 2.33. The van der Waals surface area contributed by atoms with Crippen LogP contribution in [0.1, 0.15) is 29.8 Å². The van der Waals surface area contributed by atoms with Gasteiger partial charge in [-0.1, -0.05) is 19.1 Å². The molecule has 0 aromatic heterocycles. The second-order valence-electron chi connectivity index (χ2n) is 10.7. The van der Waals surface area contributed by atoms with E-state index in [0.29, 0.717) is 48.1 Å². The van der Waals surface area contributed by atoms with Crippen LogP contribution < -0.4 is 24.8 Å². The van der Waals surface area contributed by atoms with Gasteiger partial charge in [0, 0.05) is 36.9 Å². The predicted molar refractivity (Wildman–Crippen MR) is 163 cm³/mol. The van der Waals surface area contributed by atoms with Crippen LogP contribution in [-0.2, 0) is 6.54 Å². The minimum Gasteiger partial charge on any atom is -0.497 e. The molecule has 10 nitrogen and oxygen atoms in total. The molecular weight excluding hydrogens is 536 g/mol. The van der Waals surface area contributed by atoms with E-state index in [2.05, 4.69) is 22.5 Å². The van der Waals surface area contributed by atoms with Gasteiger partial charge in [0.15, 0.2) is 0 Å². The smallest absolute Gasteiger partial charge is 0.323 e. The maximum atomic E-state index is 13.7. The molecule has 1 aliphatic rings. The molecule has 0 spiro atoms. The Labute approximate surface area is 247 Å². The fourth-order valence-electron chi connectivity index (χ4n) is 4.90. The number of hydrogen-bond acceptors (Lipinski definition) is 7. The van der Waals surface area contributed by atoms with Crippen LogP contribution in [-0.4, -0.2) is 80.0 Å². The number of urea groups is 1. The average molecular weight is 577 g/mol. The molecule has 0 saturated carbocycles. The van der Waals surface area contributed by atoms with Crippen LogP contribution in [0.2, 0.25) is 0 Å². The molecule has 3 N–H and O–H groups in total. The number of ether oxygens (including phenoxy) is 3. The van der Waals surface area contributed by atoms with Crippen LogP contribution in [0, 0.1) is 5.92 Å². The predicted octanol–water partition coefficient (Wildman–Crippen LogP) is 4.70. The summed E-state index contributed by atoms with van der Waals surface area (Å²) in [5.41, 5.74) is 2.51. The van der Waals surface area contributed by atoms with E-state index in [-0.39, 0.29) is 24.5 Å². The summed E-state index contributed by atoms with van der Waals surface area (Å²) in [5.74, 6) is 1.66. The number of nitrogens with one attached hydrogen (secondary N) is 2. The third-order valence-corrected chi connectivity index (χ3v) is 7.37. The number of anilines is 2. The third-order valence-electron chi connectivity index (χ3n) is 7.37. The van der Waals surface area contributed by atoms with Crippen molar-refractivity contribution in [3.8, 4) is 17.2 Å². The van der Waals surface area contributed by atoms with Crippen molar-refractivity contribution in [2.24, 2.45) is 5.92 Å². The van der Waals surface area contributed by atoms with Gasteiger partial charge < -0.3 is 34.9 Å². The van der Waals surface area contributed by atoms with Gasteiger partial charge in [0.05, 0.1) is 32.4 Å². The highest BCUT2D eigenvalue weighted by Crippen LogP contribution is 2.31. The summed E-state index contributed by atoms with van der Waals surface area (Å²) in [4.78, 5) is 30.3. The van der Waals surface area contributed by atoms with Crippen molar-refractivity contribution in [3.63, 3.8) is 0 Å². The fourth-order valence-corrected chi connectivity index (χ4v) is 4.90. The Morgan fingerprint density at radius 3 is 2.24 bits per heavy atom. The van der Waals surface area contributed by atoms with Gasteiger partial charge in [-0.2, -0.15) is 0 Å². The van der Waals surface area contributed by atoms with Gasteiger partial charge in [-0.25, -0.2) is 4.79 Å². The molecule has 224 valence electrons. The Hall–Kier alpha value is -4.28. The molecule has 0 radical (unpaired) electrons. The number of fused-ring (bicyclic) bond motifs is 1. The number of benzene rings is 3. The summed E-state index contributed by atoms with van der Waals surface area (Å²) in [6.45, 7) is 5.45. The number of amides is 3. The molecule has 0 aliphatic carbocycles. The van der Waals surface area contributed by atoms with Gasteiger partial charge in [0.1, 0.15) is 23.4 Å². The summed E-state index contributed by atoms with van der Waals surface area (Å²) in [6, 6.07) is 19.1. The zero-order valence-electron chi connectivity index (χ0n) is 24.8. The Kier molecular flexibility index (Phi) is 10.3. The number of aliphatic hydroxyl groups is 1. The molecule has 42 heavy (non-hydrogen) atoms. The van der Waals surface area contributed by atoms with Crippen molar-refractivity contribution in [1.29, 1.82) is 0 Å². The number of rotatable bonds is 10. The van der Waals surface area contributed by atoms with Gasteiger partial charge in [-0.3, -0.25) is 9.69 Å². The lowest BCUT2D eigenvalue weighted by Gasteiger charge is -2.38. The molecule has 3 aromatic rings. The van der Waals surface area contributed by atoms with Gasteiger partial charge in [0.25, 0.3) is 5.91 Å². The molecule has 1 aliphatic heterocycles. The van der Waals surface area contributed by atoms with E-state index < -0.39 is 12.1 Å². The van der Waals surface area contributed by atoms with Crippen molar-refractivity contribution in [2.75, 3.05) is 51.6 Å². The third kappa shape index (κ3) is 7.71. The van der Waals surface area contributed by atoms with Crippen molar-refractivity contribution in [3.05, 3.63) is 77.9 Å². The molecule has 0 bridgehead atoms. The van der Waals surface area contributed by atoms with E-state index in [1.807, 2.05) is 38.2 Å². The number of nitrogens with zero attached hydrogens (tertiary/aromatic N) is 2. The van der Waals surface area contributed by atoms with Gasteiger partial charge in [0.2, 0.25) is 0 Å². The number of methoxy groups -OCH3 is 2. The lowest BCUT2D eigenvalue weighted by atomic mass is 9.99. The number of likely N-dealkylation sites (N-methyl/N-ethyl adjacent to an activating group) is 1. The Morgan fingerprint density at radius 2 is 1.62 bits per heavy atom. The lowest BCUT2D eigenvalue weighted by Crippen LogP contribution is -2.49. The van der Waals surface area contributed by atoms with Crippen LogP contribution in [0.4, 0.5) is 16.2 Å². The van der Waals surface area contributed by atoms with Gasteiger partial charge in [-0.05, 0) is 74.1 Å². The summed E-state index contributed by atoms with van der Waals surface area (Å²) in [6.07, 6.45) is -0.231. The Bertz CT molecular complexity index is 1350. The van der Waals surface area contributed by atoms with Crippen LogP contribution in [0.3, 0.4) is 0 Å². The second-order valence-corrected chi connectivity index (χ2v) is 10.7. The quantitative estimate of drug-likeness (QED) is 0.321. The van der Waals surface area contributed by atoms with E-state index in [9.17, 15) is 14.7 Å². The standard InChI is InChI=1S/C32H40N4O6/c1-21-17-36(22(2)20-37)31(38)28-16-25(34-32(39)33-24-8-13-27(41-5)14-9-24)10-15-29(28)42-30(21)19-35(3)18-23-6-11-26(40-4)12-7-23/h6-16,21-22,30,37H,17-20H2,1-5H3,(H2,33,34,39)/t21-,22-,30+/m1/s1. The molecular formula is C32H40N4O6. The van der Waals surface area contributed by atoms with E-state index in [1.54, 1.807) is 61.6 Å². The number of aliphatic hydroxyl groups excluding tert-OH is 1. The molecule has 0 fully saturated rings. The Balaban J connectivity index is 1.53. The first-order valence-corrected chi connectivity index (χ1v) is 14.0. The SMILES string of the molecule is COc1ccc(CN(C)C[C@@H]2Oc3ccc(NC(=O)Nc4ccc(OC)cc4)cc3C(=O)N([C@H](C)CO)C[C@H]2C)cc1. The van der Waals surface area contributed by atoms with Crippen molar-refractivity contribution < 1.29 is 28.9 Å². The topological polar surface area (TPSA) is 113 Å². The molecule has 4 rings (SSSR count). The van der Waals surface area contributed by atoms with Crippen LogP contribution >= 0.6 is 0 Å². The maximum absolute atomic E-state index is 13.7. The number of carbonyl (C=O) groups is 2. The number of carbonyl (C=O) groups excluding carboxylic acids is 2. The average Bonchev–Trinajstić information content (AvgIpc) is 2.99. The molecule has 10 heteroatoms. The summed E-state index contributed by atoms with van der Waals surface area (Å²) in [5, 5.41) is 15.5. The maximum Gasteiger partial charge on any atom is 0.323 e. The van der Waals surface area contributed by atoms with E-state index in [1.165, 1.54) is 0 Å². The second kappa shape index (κ2) is 14.1. The molecule has 3 atom stereocenters. The van der Waals surface area contributed by atoms with Crippen LogP contribution in [0.5, 0.6) is 17.2 Å². The highest BCUT2D eigenvalue weighted by atomic mass is 16.5. The normalized spacial score (nSPS) is 17.4.